The first kappa shape index (κ1) is 47.9. The molecule has 0 rings (SSSR count). The molecule has 0 bridgehead atoms. The number of unbranched alkanes of at least 4 members (excludes halogenated alkanes) is 29. The summed E-state index contributed by atoms with van der Waals surface area (Å²) < 4.78 is 11.2. The molecule has 0 heterocycles. The average Bonchev–Trinajstić information content (AvgIpc) is 3.11. The molecule has 0 saturated heterocycles. The van der Waals surface area contributed by atoms with Gasteiger partial charge in [0.05, 0.1) is 13.2 Å². The van der Waals surface area contributed by atoms with Gasteiger partial charge in [-0.25, -0.2) is 0 Å². The second kappa shape index (κ2) is 43.0. The Bertz CT molecular complexity index is 688. The van der Waals surface area contributed by atoms with E-state index in [0.29, 0.717) is 19.6 Å². The largest absolute Gasteiger partial charge is 0.457 e. The van der Waals surface area contributed by atoms with E-state index in [0.717, 1.165) is 19.3 Å². The highest BCUT2D eigenvalue weighted by Gasteiger charge is 2.13. The zero-order valence-electron chi connectivity index (χ0n) is 33.2. The van der Waals surface area contributed by atoms with Crippen LogP contribution >= 0.6 is 0 Å². The molecule has 1 N–H and O–H groups in total. The van der Waals surface area contributed by atoms with Crippen molar-refractivity contribution in [3.63, 3.8) is 0 Å². The number of hydrogen-bond donors (Lipinski definition) is 1. The lowest BCUT2D eigenvalue weighted by atomic mass is 10.1. The van der Waals surface area contributed by atoms with E-state index in [1.54, 1.807) is 0 Å². The Labute approximate surface area is 307 Å². The summed E-state index contributed by atoms with van der Waals surface area (Å²) in [7, 11) is 0. The van der Waals surface area contributed by atoms with Gasteiger partial charge in [-0.1, -0.05) is 186 Å². The number of carbonyl (C=O) groups is 1. The van der Waals surface area contributed by atoms with Crippen LogP contribution in [0.3, 0.4) is 0 Å². The van der Waals surface area contributed by atoms with E-state index in [-0.39, 0.29) is 12.6 Å². The standard InChI is InChI=1S/C45H86O4/c1-3-5-7-9-11-13-15-17-19-21-22-23-24-25-26-28-30-32-34-36-38-40-45(47)49-44(42-46)43-48-41-39-37-35-33-31-29-27-20-18-16-14-12-10-8-6-4-2/h18,20-22,44,46H,3-17,19,23-43H2,1-2H3/b20-18-,22-21-. The number of aliphatic hydroxyl groups excluding tert-OH is 1. The van der Waals surface area contributed by atoms with Crippen molar-refractivity contribution in [3.8, 4) is 0 Å². The topological polar surface area (TPSA) is 55.8 Å². The molecular weight excluding hydrogens is 604 g/mol. The van der Waals surface area contributed by atoms with Gasteiger partial charge >= 0.3 is 5.97 Å². The highest BCUT2D eigenvalue weighted by atomic mass is 16.6. The first-order valence-electron chi connectivity index (χ1n) is 21.9. The van der Waals surface area contributed by atoms with Gasteiger partial charge in [0.1, 0.15) is 6.10 Å². The second-order valence-electron chi connectivity index (χ2n) is 14.8. The number of hydrogen-bond acceptors (Lipinski definition) is 4. The predicted molar refractivity (Wildman–Crippen MR) is 214 cm³/mol. The van der Waals surface area contributed by atoms with Gasteiger partial charge in [-0.05, 0) is 64.2 Å². The molecule has 49 heavy (non-hydrogen) atoms. The van der Waals surface area contributed by atoms with Gasteiger partial charge in [0.15, 0.2) is 0 Å². The predicted octanol–water partition coefficient (Wildman–Crippen LogP) is 14.3. The molecule has 0 aliphatic heterocycles. The van der Waals surface area contributed by atoms with E-state index in [1.807, 2.05) is 0 Å². The highest BCUT2D eigenvalue weighted by Crippen LogP contribution is 2.14. The monoisotopic (exact) mass is 691 g/mol. The third-order valence-corrected chi connectivity index (χ3v) is 9.75. The average molecular weight is 691 g/mol. The molecular formula is C45H86O4. The normalized spacial score (nSPS) is 12.5. The Kier molecular flexibility index (Phi) is 42.0. The summed E-state index contributed by atoms with van der Waals surface area (Å²) >= 11 is 0. The SMILES string of the molecule is CCCCCCCC/C=C\CCCCCCCCOCC(CO)OC(=O)CCCCCCCCCCC/C=C\CCCCCCCCCC. The molecule has 4 nitrogen and oxygen atoms in total. The third kappa shape index (κ3) is 41.2. The van der Waals surface area contributed by atoms with Crippen LogP contribution in [0.5, 0.6) is 0 Å². The van der Waals surface area contributed by atoms with Gasteiger partial charge in [0, 0.05) is 13.0 Å². The van der Waals surface area contributed by atoms with Crippen LogP contribution in [0.4, 0.5) is 0 Å². The minimum absolute atomic E-state index is 0.172. The number of rotatable bonds is 41. The molecule has 290 valence electrons. The van der Waals surface area contributed by atoms with Crippen LogP contribution in [0.25, 0.3) is 0 Å². The van der Waals surface area contributed by atoms with Crippen molar-refractivity contribution >= 4 is 5.97 Å². The number of carbonyl (C=O) groups excluding carboxylic acids is 1. The zero-order chi connectivity index (χ0) is 35.6. The van der Waals surface area contributed by atoms with Gasteiger partial charge < -0.3 is 14.6 Å². The van der Waals surface area contributed by atoms with Crippen molar-refractivity contribution in [1.29, 1.82) is 0 Å². The first-order chi connectivity index (χ1) is 24.2. The number of allylic oxidation sites excluding steroid dienone is 4. The lowest BCUT2D eigenvalue weighted by molar-refractivity contribution is -0.154. The summed E-state index contributed by atoms with van der Waals surface area (Å²) in [6, 6.07) is 0. The van der Waals surface area contributed by atoms with Crippen LogP contribution in [0.1, 0.15) is 232 Å². The molecule has 0 aromatic rings. The molecule has 0 aliphatic carbocycles. The highest BCUT2D eigenvalue weighted by molar-refractivity contribution is 5.69. The zero-order valence-corrected chi connectivity index (χ0v) is 33.2. The summed E-state index contributed by atoms with van der Waals surface area (Å²) in [6.45, 7) is 5.35. The van der Waals surface area contributed by atoms with Gasteiger partial charge in [0.2, 0.25) is 0 Å². The molecule has 0 aromatic carbocycles. The molecule has 4 heteroatoms. The Hall–Kier alpha value is -1.13. The number of aliphatic hydroxyl groups is 1. The summed E-state index contributed by atoms with van der Waals surface area (Å²) in [5.41, 5.74) is 0. The summed E-state index contributed by atoms with van der Waals surface area (Å²) in [5.74, 6) is -0.202. The molecule has 0 radical (unpaired) electrons. The first-order valence-corrected chi connectivity index (χ1v) is 21.9. The molecule has 1 atom stereocenters. The van der Waals surface area contributed by atoms with Crippen LogP contribution in [0.2, 0.25) is 0 Å². The molecule has 0 saturated carbocycles. The Morgan fingerprint density at radius 1 is 0.469 bits per heavy atom. The maximum Gasteiger partial charge on any atom is 0.306 e. The van der Waals surface area contributed by atoms with Crippen molar-refractivity contribution in [1.82, 2.24) is 0 Å². The molecule has 0 fully saturated rings. The number of esters is 1. The fourth-order valence-corrected chi connectivity index (χ4v) is 6.44. The molecule has 0 spiro atoms. The minimum atomic E-state index is -0.535. The van der Waals surface area contributed by atoms with Gasteiger partial charge in [-0.3, -0.25) is 4.79 Å². The minimum Gasteiger partial charge on any atom is -0.457 e. The van der Waals surface area contributed by atoms with E-state index in [2.05, 4.69) is 38.2 Å². The fourth-order valence-electron chi connectivity index (χ4n) is 6.44. The van der Waals surface area contributed by atoms with Crippen LogP contribution in [-0.2, 0) is 14.3 Å². The van der Waals surface area contributed by atoms with E-state index >= 15 is 0 Å². The van der Waals surface area contributed by atoms with Crippen molar-refractivity contribution in [2.45, 2.75) is 238 Å². The second-order valence-corrected chi connectivity index (χ2v) is 14.8. The van der Waals surface area contributed by atoms with E-state index in [9.17, 15) is 9.90 Å². The maximum atomic E-state index is 12.2. The molecule has 0 aliphatic rings. The molecule has 1 unspecified atom stereocenters. The fraction of sp³-hybridized carbons (Fsp3) is 0.889. The van der Waals surface area contributed by atoms with Gasteiger partial charge in [-0.2, -0.15) is 0 Å². The van der Waals surface area contributed by atoms with Crippen molar-refractivity contribution in [3.05, 3.63) is 24.3 Å². The van der Waals surface area contributed by atoms with Crippen LogP contribution < -0.4 is 0 Å². The van der Waals surface area contributed by atoms with Gasteiger partial charge in [0.25, 0.3) is 0 Å². The summed E-state index contributed by atoms with van der Waals surface area (Å²) in [4.78, 5) is 12.2. The quantitative estimate of drug-likeness (QED) is 0.0394. The van der Waals surface area contributed by atoms with E-state index in [4.69, 9.17) is 9.47 Å². The van der Waals surface area contributed by atoms with Crippen molar-refractivity contribution in [2.24, 2.45) is 0 Å². The summed E-state index contributed by atoms with van der Waals surface area (Å²) in [6.07, 6.45) is 52.4. The van der Waals surface area contributed by atoms with Crippen molar-refractivity contribution < 1.29 is 19.4 Å². The van der Waals surface area contributed by atoms with Crippen LogP contribution in [-0.4, -0.2) is 37.0 Å². The van der Waals surface area contributed by atoms with Crippen molar-refractivity contribution in [2.75, 3.05) is 19.8 Å². The lowest BCUT2D eigenvalue weighted by Crippen LogP contribution is -2.27. The van der Waals surface area contributed by atoms with E-state index < -0.39 is 6.10 Å². The summed E-state index contributed by atoms with van der Waals surface area (Å²) in [5, 5.41) is 9.60. The maximum absolute atomic E-state index is 12.2. The lowest BCUT2D eigenvalue weighted by Gasteiger charge is -2.15. The van der Waals surface area contributed by atoms with E-state index in [1.165, 1.54) is 193 Å². The van der Waals surface area contributed by atoms with Crippen LogP contribution in [0.15, 0.2) is 24.3 Å². The Balaban J connectivity index is 3.41. The molecule has 0 aromatic heterocycles. The Morgan fingerprint density at radius 3 is 1.16 bits per heavy atom. The third-order valence-electron chi connectivity index (χ3n) is 9.75. The Morgan fingerprint density at radius 2 is 0.796 bits per heavy atom. The smallest absolute Gasteiger partial charge is 0.306 e. The number of ether oxygens (including phenoxy) is 2. The molecule has 0 amide bonds. The van der Waals surface area contributed by atoms with Gasteiger partial charge in [-0.15, -0.1) is 0 Å². The van der Waals surface area contributed by atoms with Crippen LogP contribution in [0, 0.1) is 0 Å².